The normalized spacial score (nSPS) is 15.9. The van der Waals surface area contributed by atoms with Gasteiger partial charge in [-0.25, -0.2) is 9.69 Å². The van der Waals surface area contributed by atoms with Crippen LogP contribution in [0, 0.1) is 0 Å². The number of hydrogen-bond donors (Lipinski definition) is 0. The predicted molar refractivity (Wildman–Crippen MR) is 77.0 cm³/mol. The van der Waals surface area contributed by atoms with E-state index < -0.39 is 6.09 Å². The Kier molecular flexibility index (Phi) is 4.49. The number of cyclic esters (lactones) is 1. The van der Waals surface area contributed by atoms with E-state index in [0.29, 0.717) is 11.6 Å². The van der Waals surface area contributed by atoms with E-state index in [4.69, 9.17) is 16.3 Å². The van der Waals surface area contributed by atoms with Crippen LogP contribution in [0.4, 0.5) is 10.5 Å². The maximum absolute atomic E-state index is 12.0. The first-order valence-electron chi connectivity index (χ1n) is 6.44. The molecule has 1 unspecified atom stereocenters. The second kappa shape index (κ2) is 6.13. The second-order valence-corrected chi connectivity index (χ2v) is 5.24. The maximum Gasteiger partial charge on any atom is 0.416 e. The van der Waals surface area contributed by atoms with E-state index in [0.717, 1.165) is 10.6 Å². The van der Waals surface area contributed by atoms with Gasteiger partial charge >= 0.3 is 6.09 Å². The van der Waals surface area contributed by atoms with Crippen LogP contribution in [0.1, 0.15) is 13.3 Å². The summed E-state index contributed by atoms with van der Waals surface area (Å²) in [7, 11) is 1.91. The third kappa shape index (κ3) is 3.22. The molecular weight excluding hydrogens is 280 g/mol. The van der Waals surface area contributed by atoms with E-state index >= 15 is 0 Å². The quantitative estimate of drug-likeness (QED) is 0.857. The Morgan fingerprint density at radius 3 is 2.65 bits per heavy atom. The zero-order valence-corrected chi connectivity index (χ0v) is 12.3. The highest BCUT2D eigenvalue weighted by molar-refractivity contribution is 6.30. The largest absolute Gasteiger partial charge is 0.447 e. The van der Waals surface area contributed by atoms with Crippen molar-refractivity contribution in [2.75, 3.05) is 25.1 Å². The van der Waals surface area contributed by atoms with Crippen LogP contribution in [0.5, 0.6) is 0 Å². The molecule has 6 heteroatoms. The van der Waals surface area contributed by atoms with Crippen LogP contribution in [0.25, 0.3) is 0 Å². The van der Waals surface area contributed by atoms with E-state index in [1.165, 1.54) is 0 Å². The molecule has 1 aromatic carbocycles. The Bertz CT molecular complexity index is 504. The van der Waals surface area contributed by atoms with E-state index in [-0.39, 0.29) is 25.0 Å². The van der Waals surface area contributed by atoms with Gasteiger partial charge in [-0.3, -0.25) is 4.79 Å². The fraction of sp³-hybridized carbons (Fsp3) is 0.429. The van der Waals surface area contributed by atoms with Crippen molar-refractivity contribution < 1.29 is 14.3 Å². The number of carbonyl (C=O) groups is 2. The molecule has 1 fully saturated rings. The molecule has 2 amide bonds. The summed E-state index contributed by atoms with van der Waals surface area (Å²) >= 11 is 5.85. The van der Waals surface area contributed by atoms with E-state index in [1.54, 1.807) is 12.1 Å². The molecule has 20 heavy (non-hydrogen) atoms. The summed E-state index contributed by atoms with van der Waals surface area (Å²) in [5, 5.41) is 0.672. The first-order valence-corrected chi connectivity index (χ1v) is 6.82. The molecule has 108 valence electrons. The molecule has 1 aliphatic heterocycles. The Balaban J connectivity index is 1.97. The van der Waals surface area contributed by atoms with Gasteiger partial charge in [0.05, 0.1) is 6.54 Å². The number of hydrogen-bond acceptors (Lipinski definition) is 4. The number of imide groups is 1. The van der Waals surface area contributed by atoms with Crippen LogP contribution in [0.3, 0.4) is 0 Å². The van der Waals surface area contributed by atoms with Crippen LogP contribution in [-0.4, -0.2) is 43.1 Å². The van der Waals surface area contributed by atoms with Crippen molar-refractivity contribution in [3.05, 3.63) is 29.3 Å². The van der Waals surface area contributed by atoms with E-state index in [9.17, 15) is 9.59 Å². The summed E-state index contributed by atoms with van der Waals surface area (Å²) < 4.78 is 4.76. The van der Waals surface area contributed by atoms with Crippen LogP contribution in [0.15, 0.2) is 24.3 Å². The number of nitrogens with zero attached hydrogens (tertiary/aromatic N) is 2. The van der Waals surface area contributed by atoms with Crippen molar-refractivity contribution in [3.8, 4) is 0 Å². The SMILES string of the molecule is CC(CC(=O)N1CCOC1=O)N(C)c1ccc(Cl)cc1. The van der Waals surface area contributed by atoms with Gasteiger partial charge in [-0.2, -0.15) is 0 Å². The van der Waals surface area contributed by atoms with Gasteiger partial charge in [-0.1, -0.05) is 11.6 Å². The third-order valence-electron chi connectivity index (χ3n) is 3.43. The molecule has 5 nitrogen and oxygen atoms in total. The van der Waals surface area contributed by atoms with Crippen molar-refractivity contribution in [1.29, 1.82) is 0 Å². The summed E-state index contributed by atoms with van der Waals surface area (Å²) in [4.78, 5) is 26.5. The average molecular weight is 297 g/mol. The highest BCUT2D eigenvalue weighted by atomic mass is 35.5. The maximum atomic E-state index is 12.0. The lowest BCUT2D eigenvalue weighted by molar-refractivity contribution is -0.128. The number of ether oxygens (including phenoxy) is 1. The third-order valence-corrected chi connectivity index (χ3v) is 3.68. The zero-order chi connectivity index (χ0) is 14.7. The van der Waals surface area contributed by atoms with Gasteiger partial charge in [0.1, 0.15) is 6.61 Å². The van der Waals surface area contributed by atoms with Gasteiger partial charge in [0.2, 0.25) is 5.91 Å². The zero-order valence-electron chi connectivity index (χ0n) is 11.5. The van der Waals surface area contributed by atoms with Crippen molar-refractivity contribution in [1.82, 2.24) is 4.90 Å². The minimum Gasteiger partial charge on any atom is -0.447 e. The Hall–Kier alpha value is -1.75. The van der Waals surface area contributed by atoms with Crippen molar-refractivity contribution in [2.45, 2.75) is 19.4 Å². The van der Waals surface area contributed by atoms with Crippen LogP contribution in [-0.2, 0) is 9.53 Å². The van der Waals surface area contributed by atoms with Gasteiger partial charge in [0.15, 0.2) is 0 Å². The number of rotatable bonds is 4. The van der Waals surface area contributed by atoms with E-state index in [1.807, 2.05) is 31.0 Å². The molecule has 1 atom stereocenters. The first-order chi connectivity index (χ1) is 9.49. The minimum atomic E-state index is -0.545. The Morgan fingerprint density at radius 2 is 2.10 bits per heavy atom. The molecule has 0 N–H and O–H groups in total. The van der Waals surface area contributed by atoms with Crippen LogP contribution in [0.2, 0.25) is 5.02 Å². The lowest BCUT2D eigenvalue weighted by atomic mass is 10.1. The smallest absolute Gasteiger partial charge is 0.416 e. The van der Waals surface area contributed by atoms with Gasteiger partial charge in [0, 0.05) is 30.2 Å². The highest BCUT2D eigenvalue weighted by Gasteiger charge is 2.29. The molecule has 0 radical (unpaired) electrons. The molecule has 0 bridgehead atoms. The first kappa shape index (κ1) is 14.7. The summed E-state index contributed by atoms with van der Waals surface area (Å²) in [6.45, 7) is 2.56. The summed E-state index contributed by atoms with van der Waals surface area (Å²) in [6.07, 6.45) is -0.287. The molecule has 1 aromatic rings. The van der Waals surface area contributed by atoms with Crippen molar-refractivity contribution in [3.63, 3.8) is 0 Å². The fourth-order valence-electron chi connectivity index (χ4n) is 2.05. The topological polar surface area (TPSA) is 49.9 Å². The number of halogens is 1. The summed E-state index contributed by atoms with van der Waals surface area (Å²) in [6, 6.07) is 7.37. The number of benzene rings is 1. The highest BCUT2D eigenvalue weighted by Crippen LogP contribution is 2.20. The monoisotopic (exact) mass is 296 g/mol. The molecular formula is C14H17ClN2O3. The van der Waals surface area contributed by atoms with Crippen LogP contribution >= 0.6 is 11.6 Å². The van der Waals surface area contributed by atoms with E-state index in [2.05, 4.69) is 0 Å². The second-order valence-electron chi connectivity index (χ2n) is 4.80. The van der Waals surface area contributed by atoms with Gasteiger partial charge < -0.3 is 9.64 Å². The number of anilines is 1. The van der Waals surface area contributed by atoms with Crippen molar-refractivity contribution >= 4 is 29.3 Å². The lowest BCUT2D eigenvalue weighted by Crippen LogP contribution is -2.38. The molecule has 0 saturated carbocycles. The van der Waals surface area contributed by atoms with Gasteiger partial charge in [-0.15, -0.1) is 0 Å². The Morgan fingerprint density at radius 1 is 1.45 bits per heavy atom. The van der Waals surface area contributed by atoms with Crippen molar-refractivity contribution in [2.24, 2.45) is 0 Å². The molecule has 0 spiro atoms. The number of carbonyl (C=O) groups excluding carboxylic acids is 2. The molecule has 1 heterocycles. The standard InChI is InChI=1S/C14H17ClN2O3/c1-10(9-13(18)17-7-8-20-14(17)19)16(2)12-5-3-11(15)4-6-12/h3-6,10H,7-9H2,1-2H3. The lowest BCUT2D eigenvalue weighted by Gasteiger charge is -2.27. The summed E-state index contributed by atoms with van der Waals surface area (Å²) in [5.74, 6) is -0.208. The Labute approximate surface area is 123 Å². The predicted octanol–water partition coefficient (Wildman–Crippen LogP) is 2.53. The molecule has 2 rings (SSSR count). The van der Waals surface area contributed by atoms with Gasteiger partial charge in [-0.05, 0) is 31.2 Å². The average Bonchev–Trinajstić information content (AvgIpc) is 2.85. The molecule has 0 aromatic heterocycles. The van der Waals surface area contributed by atoms with Crippen LogP contribution < -0.4 is 4.90 Å². The fourth-order valence-corrected chi connectivity index (χ4v) is 2.18. The molecule has 1 aliphatic rings. The minimum absolute atomic E-state index is 0.0305. The molecule has 0 aliphatic carbocycles. The van der Waals surface area contributed by atoms with Gasteiger partial charge in [0.25, 0.3) is 0 Å². The molecule has 1 saturated heterocycles. The summed E-state index contributed by atoms with van der Waals surface area (Å²) in [5.41, 5.74) is 0.971. The number of amides is 2.